The van der Waals surface area contributed by atoms with Crippen LogP contribution in [0.4, 0.5) is 0 Å². The zero-order valence-corrected chi connectivity index (χ0v) is 23.8. The molecule has 3 fully saturated rings. The molecule has 0 radical (unpaired) electrons. The molecule has 0 aromatic carbocycles. The summed E-state index contributed by atoms with van der Waals surface area (Å²) >= 11 is 0. The van der Waals surface area contributed by atoms with Crippen LogP contribution in [0.25, 0.3) is 4.85 Å². The van der Waals surface area contributed by atoms with Crippen molar-refractivity contribution in [3.63, 3.8) is 0 Å². The van der Waals surface area contributed by atoms with Gasteiger partial charge in [-0.25, -0.2) is 4.85 Å². The smallest absolute Gasteiger partial charge is 0.226 e. The van der Waals surface area contributed by atoms with Gasteiger partial charge in [0, 0.05) is 16.2 Å². The van der Waals surface area contributed by atoms with Gasteiger partial charge in [0.05, 0.1) is 6.57 Å². The Morgan fingerprint density at radius 2 is 1.64 bits per heavy atom. The molecule has 0 amide bonds. The fourth-order valence-corrected chi connectivity index (χ4v) is 10.6. The second kappa shape index (κ2) is 7.35. The van der Waals surface area contributed by atoms with E-state index in [-0.39, 0.29) is 39.6 Å². The summed E-state index contributed by atoms with van der Waals surface area (Å²) in [4.78, 5) is 16.9. The fraction of sp³-hybridized carbons (Fsp3) is 0.812. The second-order valence-electron chi connectivity index (χ2n) is 15.2. The standard InChI is InChI=1S/C32H47NO3/c1-10-31-15-13-26(2,3)19-23(31)32(36)24(34)17-22-28(6)18-20(33-9)25(35)27(4,5)21(28)11-12-29(22,7)30(32,8)14-16-31/h17-18,21,23-24,34,36H,10-16,19H2,1-8H3/t21-,23+,24+,28-,29+,30-,31+,32+/m0/s1. The van der Waals surface area contributed by atoms with E-state index in [4.69, 9.17) is 6.57 Å². The van der Waals surface area contributed by atoms with E-state index in [0.717, 1.165) is 50.5 Å². The minimum absolute atomic E-state index is 0.0476. The lowest BCUT2D eigenvalue weighted by atomic mass is 9.32. The van der Waals surface area contributed by atoms with Crippen molar-refractivity contribution in [3.8, 4) is 0 Å². The molecule has 0 aromatic heterocycles. The highest BCUT2D eigenvalue weighted by atomic mass is 16.3. The molecule has 8 atom stereocenters. The number of carbonyl (C=O) groups is 1. The molecule has 198 valence electrons. The van der Waals surface area contributed by atoms with Crippen LogP contribution in [-0.4, -0.2) is 27.7 Å². The molecule has 0 heterocycles. The lowest BCUT2D eigenvalue weighted by Gasteiger charge is -2.73. The Bertz CT molecular complexity index is 1110. The molecule has 5 rings (SSSR count). The van der Waals surface area contributed by atoms with Crippen LogP contribution in [0.15, 0.2) is 23.4 Å². The van der Waals surface area contributed by atoms with E-state index in [9.17, 15) is 15.0 Å². The predicted octanol–water partition coefficient (Wildman–Crippen LogP) is 6.88. The van der Waals surface area contributed by atoms with E-state index in [1.807, 2.05) is 26.0 Å². The van der Waals surface area contributed by atoms with Crippen molar-refractivity contribution in [1.29, 1.82) is 0 Å². The van der Waals surface area contributed by atoms with Gasteiger partial charge in [0.2, 0.25) is 5.70 Å². The number of rotatable bonds is 1. The number of hydrogen-bond acceptors (Lipinski definition) is 3. The Hall–Kier alpha value is -1.44. The Kier molecular flexibility index (Phi) is 5.35. The summed E-state index contributed by atoms with van der Waals surface area (Å²) in [5.41, 5.74) is -1.56. The number of nitrogens with zero attached hydrogens (tertiary/aromatic N) is 1. The predicted molar refractivity (Wildman–Crippen MR) is 143 cm³/mol. The number of allylic oxidation sites excluding steroid dienone is 3. The monoisotopic (exact) mass is 493 g/mol. The van der Waals surface area contributed by atoms with Crippen LogP contribution in [-0.2, 0) is 4.79 Å². The topological polar surface area (TPSA) is 61.9 Å². The summed E-state index contributed by atoms with van der Waals surface area (Å²) in [5, 5.41) is 25.0. The zero-order chi connectivity index (χ0) is 26.7. The van der Waals surface area contributed by atoms with Crippen molar-refractivity contribution in [1.82, 2.24) is 0 Å². The average molecular weight is 494 g/mol. The zero-order valence-electron chi connectivity index (χ0n) is 23.8. The molecule has 4 nitrogen and oxygen atoms in total. The van der Waals surface area contributed by atoms with Gasteiger partial charge in [-0.2, -0.15) is 0 Å². The van der Waals surface area contributed by atoms with Crippen molar-refractivity contribution < 1.29 is 15.0 Å². The van der Waals surface area contributed by atoms with Gasteiger partial charge in [-0.15, -0.1) is 0 Å². The molecule has 36 heavy (non-hydrogen) atoms. The first-order valence-electron chi connectivity index (χ1n) is 14.3. The normalized spacial score (nSPS) is 50.9. The van der Waals surface area contributed by atoms with Gasteiger partial charge >= 0.3 is 0 Å². The van der Waals surface area contributed by atoms with Gasteiger partial charge in [-0.3, -0.25) is 0 Å². The summed E-state index contributed by atoms with van der Waals surface area (Å²) in [5.74, 6) is 0.0562. The van der Waals surface area contributed by atoms with E-state index in [1.54, 1.807) is 0 Å². The SMILES string of the molecule is [C-]#[N+]C1=C[C@]2(C)C3=C[C@@H](O)[C@]4(O)[C@@H]5CC(C)(C)CC[C@]5(CC)CC[C@@]4(C)[C@]3(C)CC[C@H]2C(C)(C)C1=O. The maximum atomic E-state index is 13.2. The molecule has 4 heteroatoms. The van der Waals surface area contributed by atoms with E-state index >= 15 is 0 Å². The fourth-order valence-electron chi connectivity index (χ4n) is 10.6. The van der Waals surface area contributed by atoms with E-state index in [1.165, 1.54) is 6.42 Å². The Balaban J connectivity index is 1.73. The largest absolute Gasteiger partial charge is 0.386 e. The van der Waals surface area contributed by atoms with E-state index in [0.29, 0.717) is 0 Å². The maximum Gasteiger partial charge on any atom is 0.226 e. The maximum absolute atomic E-state index is 13.2. The van der Waals surface area contributed by atoms with Crippen molar-refractivity contribution >= 4 is 5.78 Å². The molecule has 0 saturated heterocycles. The third-order valence-electron chi connectivity index (χ3n) is 13.1. The van der Waals surface area contributed by atoms with Gasteiger partial charge in [0.1, 0.15) is 11.7 Å². The number of ketones is 1. The molecule has 2 N–H and O–H groups in total. The van der Waals surface area contributed by atoms with Gasteiger partial charge < -0.3 is 15.0 Å². The number of hydrogen-bond donors (Lipinski definition) is 2. The minimum atomic E-state index is -1.20. The lowest BCUT2D eigenvalue weighted by Crippen LogP contribution is -2.75. The Labute approximate surface area is 218 Å². The molecular formula is C32H47NO3. The summed E-state index contributed by atoms with van der Waals surface area (Å²) in [6.07, 6.45) is 11.0. The summed E-state index contributed by atoms with van der Waals surface area (Å²) in [6, 6.07) is 0. The number of aliphatic hydroxyl groups excluding tert-OH is 1. The van der Waals surface area contributed by atoms with Crippen LogP contribution < -0.4 is 0 Å². The van der Waals surface area contributed by atoms with Crippen LogP contribution in [0.5, 0.6) is 0 Å². The third-order valence-corrected chi connectivity index (χ3v) is 13.1. The van der Waals surface area contributed by atoms with Crippen LogP contribution in [0.2, 0.25) is 0 Å². The van der Waals surface area contributed by atoms with Crippen molar-refractivity contribution in [3.05, 3.63) is 34.8 Å². The molecule has 0 spiro atoms. The molecule has 5 aliphatic rings. The molecule has 0 bridgehead atoms. The van der Waals surface area contributed by atoms with Crippen LogP contribution in [0.3, 0.4) is 0 Å². The number of carbonyl (C=O) groups excluding carboxylic acids is 1. The van der Waals surface area contributed by atoms with Gasteiger partial charge in [-0.1, -0.05) is 79.5 Å². The van der Waals surface area contributed by atoms with E-state index < -0.39 is 27.9 Å². The Morgan fingerprint density at radius 3 is 2.25 bits per heavy atom. The minimum Gasteiger partial charge on any atom is -0.386 e. The summed E-state index contributed by atoms with van der Waals surface area (Å²) in [6.45, 7) is 25.4. The van der Waals surface area contributed by atoms with Gasteiger partial charge in [-0.05, 0) is 73.0 Å². The number of aliphatic hydroxyl groups is 2. The number of fused-ring (bicyclic) bond motifs is 7. The summed E-state index contributed by atoms with van der Waals surface area (Å²) < 4.78 is 0. The Morgan fingerprint density at radius 1 is 1.00 bits per heavy atom. The van der Waals surface area contributed by atoms with Gasteiger partial charge in [0.15, 0.2) is 5.78 Å². The second-order valence-corrected chi connectivity index (χ2v) is 15.2. The van der Waals surface area contributed by atoms with Crippen LogP contribution in [0, 0.1) is 50.9 Å². The molecule has 0 unspecified atom stereocenters. The highest BCUT2D eigenvalue weighted by Crippen LogP contribution is 2.76. The summed E-state index contributed by atoms with van der Waals surface area (Å²) in [7, 11) is 0. The van der Waals surface area contributed by atoms with Crippen molar-refractivity contribution in [2.45, 2.75) is 118 Å². The molecule has 0 aliphatic heterocycles. The highest BCUT2D eigenvalue weighted by Gasteiger charge is 2.75. The van der Waals surface area contributed by atoms with Crippen LogP contribution >= 0.6 is 0 Å². The molecule has 0 aromatic rings. The van der Waals surface area contributed by atoms with Crippen LogP contribution in [0.1, 0.15) is 107 Å². The third kappa shape index (κ3) is 2.80. The number of Topliss-reactive ketones (excluding diaryl/α,β-unsaturated/α-hetero) is 1. The molecular weight excluding hydrogens is 446 g/mol. The molecule has 5 aliphatic carbocycles. The first-order chi connectivity index (χ1) is 16.5. The quantitative estimate of drug-likeness (QED) is 0.309. The van der Waals surface area contributed by atoms with Crippen molar-refractivity contribution in [2.75, 3.05) is 0 Å². The molecule has 3 saturated carbocycles. The van der Waals surface area contributed by atoms with Crippen molar-refractivity contribution in [2.24, 2.45) is 44.3 Å². The first kappa shape index (κ1) is 26.2. The van der Waals surface area contributed by atoms with E-state index in [2.05, 4.69) is 46.4 Å². The average Bonchev–Trinajstić information content (AvgIpc) is 2.80. The highest BCUT2D eigenvalue weighted by molar-refractivity contribution is 6.02. The van der Waals surface area contributed by atoms with Gasteiger partial charge in [0.25, 0.3) is 0 Å². The lowest BCUT2D eigenvalue weighted by molar-refractivity contribution is -0.288. The first-order valence-corrected chi connectivity index (χ1v) is 14.3.